The number of ether oxygens (including phenoxy) is 1. The molecule has 152 valence electrons. The number of amides is 1. The van der Waals surface area contributed by atoms with Gasteiger partial charge in [-0.25, -0.2) is 4.79 Å². The van der Waals surface area contributed by atoms with Gasteiger partial charge in [-0.15, -0.1) is 0 Å². The Balaban J connectivity index is 5.02. The van der Waals surface area contributed by atoms with Gasteiger partial charge in [0.05, 0.1) is 12.6 Å². The summed E-state index contributed by atoms with van der Waals surface area (Å²) in [5.41, 5.74) is -0.227. The normalized spacial score (nSPS) is 14.1. The minimum Gasteiger partial charge on any atom is -0.444 e. The Hall–Kier alpha value is -1.14. The van der Waals surface area contributed by atoms with Gasteiger partial charge in [-0.1, -0.05) is 41.2 Å². The maximum Gasteiger partial charge on any atom is 0.408 e. The highest BCUT2D eigenvalue weighted by Crippen LogP contribution is 2.36. The molecule has 0 saturated heterocycles. The molecule has 0 spiro atoms. The van der Waals surface area contributed by atoms with Gasteiger partial charge < -0.3 is 14.5 Å². The van der Waals surface area contributed by atoms with E-state index in [1.54, 1.807) is 20.8 Å². The van der Waals surface area contributed by atoms with Gasteiger partial charge in [0.1, 0.15) is 5.60 Å². The maximum absolute atomic E-state index is 12.8. The monoisotopic (exact) mass is 385 g/mol. The van der Waals surface area contributed by atoms with Crippen LogP contribution in [0.5, 0.6) is 0 Å². The van der Waals surface area contributed by atoms with E-state index in [4.69, 9.17) is 9.16 Å². The molecule has 0 rings (SSSR count). The van der Waals surface area contributed by atoms with Crippen molar-refractivity contribution in [3.63, 3.8) is 0 Å². The molecule has 1 atom stereocenters. The first-order valence-corrected chi connectivity index (χ1v) is 12.2. The Morgan fingerprint density at radius 1 is 1.08 bits per heavy atom. The average molecular weight is 386 g/mol. The van der Waals surface area contributed by atoms with Gasteiger partial charge in [-0.2, -0.15) is 0 Å². The van der Waals surface area contributed by atoms with E-state index in [9.17, 15) is 9.59 Å². The van der Waals surface area contributed by atoms with Gasteiger partial charge in [0, 0.05) is 5.57 Å². The quantitative estimate of drug-likeness (QED) is 0.468. The number of Topliss-reactive ketones (excluding diaryl/α,β-unsaturated/α-hetero) is 1. The van der Waals surface area contributed by atoms with Gasteiger partial charge in [0.15, 0.2) is 14.1 Å². The van der Waals surface area contributed by atoms with E-state index >= 15 is 0 Å². The highest BCUT2D eigenvalue weighted by atomic mass is 28.4. The van der Waals surface area contributed by atoms with Crippen molar-refractivity contribution in [2.45, 2.75) is 91.6 Å². The van der Waals surface area contributed by atoms with Crippen molar-refractivity contribution in [3.05, 3.63) is 12.2 Å². The molecule has 0 aliphatic heterocycles. The first kappa shape index (κ1) is 24.9. The summed E-state index contributed by atoms with van der Waals surface area (Å²) in [5.74, 6) is 0.0521. The van der Waals surface area contributed by atoms with Crippen LogP contribution in [-0.2, 0) is 14.0 Å². The van der Waals surface area contributed by atoms with E-state index in [0.29, 0.717) is 12.0 Å². The van der Waals surface area contributed by atoms with Crippen molar-refractivity contribution in [2.24, 2.45) is 5.92 Å². The molecule has 0 aliphatic rings. The van der Waals surface area contributed by atoms with Crippen LogP contribution < -0.4 is 5.32 Å². The topological polar surface area (TPSA) is 64.6 Å². The van der Waals surface area contributed by atoms with Crippen LogP contribution in [0.4, 0.5) is 4.79 Å². The van der Waals surface area contributed by atoms with E-state index in [-0.39, 0.29) is 23.3 Å². The van der Waals surface area contributed by atoms with Crippen molar-refractivity contribution in [1.82, 2.24) is 5.32 Å². The number of ketones is 1. The molecule has 26 heavy (non-hydrogen) atoms. The molecule has 0 unspecified atom stereocenters. The highest BCUT2D eigenvalue weighted by molar-refractivity contribution is 6.74. The molecule has 0 radical (unpaired) electrons. The van der Waals surface area contributed by atoms with Crippen LogP contribution in [0.25, 0.3) is 0 Å². The van der Waals surface area contributed by atoms with Crippen molar-refractivity contribution in [3.8, 4) is 0 Å². The zero-order valence-electron chi connectivity index (χ0n) is 18.4. The van der Waals surface area contributed by atoms with Crippen LogP contribution >= 0.6 is 0 Å². The third-order valence-electron chi connectivity index (χ3n) is 4.48. The predicted octanol–water partition coefficient (Wildman–Crippen LogP) is 5.07. The minimum absolute atomic E-state index is 0.0580. The molecule has 5 nitrogen and oxygen atoms in total. The van der Waals surface area contributed by atoms with Crippen molar-refractivity contribution < 1.29 is 18.8 Å². The molecule has 0 bridgehead atoms. The molecule has 0 aromatic rings. The molecule has 0 fully saturated rings. The Labute approximate surface area is 161 Å². The highest BCUT2D eigenvalue weighted by Gasteiger charge is 2.37. The smallest absolute Gasteiger partial charge is 0.408 e. The summed E-state index contributed by atoms with van der Waals surface area (Å²) in [7, 11) is -1.97. The number of hydrogen-bond donors (Lipinski definition) is 1. The molecule has 6 heteroatoms. The number of carbonyl (C=O) groups is 2. The van der Waals surface area contributed by atoms with E-state index in [1.165, 1.54) is 0 Å². The number of hydrogen-bond acceptors (Lipinski definition) is 4. The molecule has 0 aromatic heterocycles. The number of carbonyl (C=O) groups excluding carboxylic acids is 2. The average Bonchev–Trinajstić information content (AvgIpc) is 2.39. The second-order valence-electron chi connectivity index (χ2n) is 9.85. The predicted molar refractivity (Wildman–Crippen MR) is 110 cm³/mol. The van der Waals surface area contributed by atoms with Crippen LogP contribution in [0.1, 0.15) is 61.8 Å². The summed E-state index contributed by atoms with van der Waals surface area (Å²) in [6.45, 7) is 24.2. The SMILES string of the molecule is C=C(CO[Si](C)(C)C(C)(C)C)C(=O)[C@H](CC(C)C)NC(=O)OC(C)(C)C. The zero-order chi connectivity index (χ0) is 20.9. The van der Waals surface area contributed by atoms with Crippen LogP contribution in [0.15, 0.2) is 12.2 Å². The van der Waals surface area contributed by atoms with E-state index in [2.05, 4.69) is 45.8 Å². The standard InChI is InChI=1S/C20H39NO4Si/c1-14(2)12-16(21-18(23)25-19(4,5)6)17(22)15(3)13-24-26(10,11)20(7,8)9/h14,16H,3,12-13H2,1-2,4-11H3,(H,21,23)/t16-/m0/s1. The Bertz CT molecular complexity index is 513. The van der Waals surface area contributed by atoms with Crippen LogP contribution in [-0.4, -0.2) is 38.4 Å². The second kappa shape index (κ2) is 9.18. The summed E-state index contributed by atoms with van der Waals surface area (Å²) in [6.07, 6.45) is -0.0633. The third kappa shape index (κ3) is 8.99. The summed E-state index contributed by atoms with van der Waals surface area (Å²) in [6, 6.07) is -0.652. The van der Waals surface area contributed by atoms with Gasteiger partial charge >= 0.3 is 6.09 Å². The van der Waals surface area contributed by atoms with Crippen molar-refractivity contribution >= 4 is 20.2 Å². The fraction of sp³-hybridized carbons (Fsp3) is 0.800. The number of nitrogens with one attached hydrogen (secondary N) is 1. The lowest BCUT2D eigenvalue weighted by molar-refractivity contribution is -0.118. The van der Waals surface area contributed by atoms with Gasteiger partial charge in [-0.3, -0.25) is 4.79 Å². The van der Waals surface area contributed by atoms with Gasteiger partial charge in [-0.05, 0) is 51.2 Å². The number of alkyl carbamates (subject to hydrolysis) is 1. The van der Waals surface area contributed by atoms with Crippen molar-refractivity contribution in [1.29, 1.82) is 0 Å². The van der Waals surface area contributed by atoms with Crippen LogP contribution in [0.2, 0.25) is 18.1 Å². The van der Waals surface area contributed by atoms with Crippen LogP contribution in [0, 0.1) is 5.92 Å². The molecule has 0 aliphatic carbocycles. The lowest BCUT2D eigenvalue weighted by atomic mass is 9.97. The van der Waals surface area contributed by atoms with E-state index in [1.807, 2.05) is 13.8 Å². The van der Waals surface area contributed by atoms with E-state index < -0.39 is 26.1 Å². The van der Waals surface area contributed by atoms with E-state index in [0.717, 1.165) is 0 Å². The Kier molecular flexibility index (Phi) is 8.77. The molecule has 0 heterocycles. The Morgan fingerprint density at radius 3 is 1.96 bits per heavy atom. The third-order valence-corrected chi connectivity index (χ3v) is 8.95. The first-order valence-electron chi connectivity index (χ1n) is 9.31. The fourth-order valence-electron chi connectivity index (χ4n) is 1.95. The fourth-order valence-corrected chi connectivity index (χ4v) is 2.92. The number of rotatable bonds is 8. The molecule has 0 aromatic carbocycles. The summed E-state index contributed by atoms with van der Waals surface area (Å²) < 4.78 is 11.4. The maximum atomic E-state index is 12.8. The molecule has 0 saturated carbocycles. The minimum atomic E-state index is -1.97. The lowest BCUT2D eigenvalue weighted by Crippen LogP contribution is -2.46. The summed E-state index contributed by atoms with van der Waals surface area (Å²) in [5, 5.41) is 2.76. The second-order valence-corrected chi connectivity index (χ2v) is 14.7. The Morgan fingerprint density at radius 2 is 1.58 bits per heavy atom. The van der Waals surface area contributed by atoms with Crippen molar-refractivity contribution in [2.75, 3.05) is 6.61 Å². The lowest BCUT2D eigenvalue weighted by Gasteiger charge is -2.36. The summed E-state index contributed by atoms with van der Waals surface area (Å²) >= 11 is 0. The van der Waals surface area contributed by atoms with Gasteiger partial charge in [0.2, 0.25) is 0 Å². The largest absolute Gasteiger partial charge is 0.444 e. The summed E-state index contributed by atoms with van der Waals surface area (Å²) in [4.78, 5) is 24.9. The molecular weight excluding hydrogens is 346 g/mol. The zero-order valence-corrected chi connectivity index (χ0v) is 19.4. The molecule has 1 amide bonds. The molecule has 1 N–H and O–H groups in total. The molecular formula is C20H39NO4Si. The van der Waals surface area contributed by atoms with Gasteiger partial charge in [0.25, 0.3) is 0 Å². The first-order chi connectivity index (χ1) is 11.5. The van der Waals surface area contributed by atoms with Crippen LogP contribution in [0.3, 0.4) is 0 Å².